The average Bonchev–Trinajstić information content (AvgIpc) is 2.43. The van der Waals surface area contributed by atoms with E-state index in [2.05, 4.69) is 15.3 Å². The lowest BCUT2D eigenvalue weighted by atomic mass is 9.90. The average molecular weight is 281 g/mol. The molecule has 20 heavy (non-hydrogen) atoms. The van der Waals surface area contributed by atoms with Crippen molar-refractivity contribution in [3.05, 3.63) is 23.8 Å². The smallest absolute Gasteiger partial charge is 0.356 e. The molecule has 0 spiro atoms. The Hall–Kier alpha value is -2.02. The number of carboxylic acid groups (broad SMARTS) is 1. The standard InChI is InChI=1S/C13H19N3O4/c1-13(2,4-5-20-3)8-16-11(17)9-6-15-10(7-14-9)12(18)19/h6-7H,4-5,8H2,1-3H3,(H,16,17)(H,18,19). The molecule has 1 rings (SSSR count). The second-order valence-corrected chi connectivity index (χ2v) is 5.18. The van der Waals surface area contributed by atoms with Crippen LogP contribution in [0.3, 0.4) is 0 Å². The number of aromatic nitrogens is 2. The van der Waals surface area contributed by atoms with Gasteiger partial charge < -0.3 is 15.2 Å². The summed E-state index contributed by atoms with van der Waals surface area (Å²) in [6.45, 7) is 5.13. The van der Waals surface area contributed by atoms with Crippen LogP contribution >= 0.6 is 0 Å². The normalized spacial score (nSPS) is 11.2. The molecule has 7 nitrogen and oxygen atoms in total. The highest BCUT2D eigenvalue weighted by Gasteiger charge is 2.19. The van der Waals surface area contributed by atoms with E-state index in [1.54, 1.807) is 7.11 Å². The van der Waals surface area contributed by atoms with Gasteiger partial charge in [-0.15, -0.1) is 0 Å². The van der Waals surface area contributed by atoms with Crippen LogP contribution in [0.2, 0.25) is 0 Å². The fraction of sp³-hybridized carbons (Fsp3) is 0.538. The van der Waals surface area contributed by atoms with Gasteiger partial charge in [0.25, 0.3) is 5.91 Å². The van der Waals surface area contributed by atoms with Crippen LogP contribution in [0.25, 0.3) is 0 Å². The van der Waals surface area contributed by atoms with Crippen molar-refractivity contribution in [3.8, 4) is 0 Å². The van der Waals surface area contributed by atoms with Gasteiger partial charge in [0.05, 0.1) is 12.4 Å². The maximum atomic E-state index is 11.9. The molecule has 0 saturated carbocycles. The minimum absolute atomic E-state index is 0.0949. The second-order valence-electron chi connectivity index (χ2n) is 5.18. The summed E-state index contributed by atoms with van der Waals surface area (Å²) in [6, 6.07) is 0. The summed E-state index contributed by atoms with van der Waals surface area (Å²) >= 11 is 0. The predicted octanol–water partition coefficient (Wildman–Crippen LogP) is 0.967. The van der Waals surface area contributed by atoms with Crippen LogP contribution in [0.4, 0.5) is 0 Å². The first kappa shape index (κ1) is 16.0. The molecule has 0 radical (unpaired) electrons. The second kappa shape index (κ2) is 6.95. The van der Waals surface area contributed by atoms with Gasteiger partial charge in [-0.3, -0.25) is 4.79 Å². The zero-order chi connectivity index (χ0) is 15.2. The van der Waals surface area contributed by atoms with Gasteiger partial charge in [0.1, 0.15) is 5.69 Å². The number of carbonyl (C=O) groups excluding carboxylic acids is 1. The van der Waals surface area contributed by atoms with E-state index in [0.29, 0.717) is 13.2 Å². The third-order valence-corrected chi connectivity index (χ3v) is 2.81. The van der Waals surface area contributed by atoms with Crippen molar-refractivity contribution in [2.24, 2.45) is 5.41 Å². The molecule has 0 fully saturated rings. The maximum absolute atomic E-state index is 11.9. The molecule has 7 heteroatoms. The number of carbonyl (C=O) groups is 2. The number of methoxy groups -OCH3 is 1. The van der Waals surface area contributed by atoms with Gasteiger partial charge in [-0.2, -0.15) is 0 Å². The van der Waals surface area contributed by atoms with Gasteiger partial charge >= 0.3 is 5.97 Å². The lowest BCUT2D eigenvalue weighted by Gasteiger charge is -2.24. The minimum Gasteiger partial charge on any atom is -0.476 e. The first-order valence-electron chi connectivity index (χ1n) is 6.18. The number of ether oxygens (including phenoxy) is 1. The van der Waals surface area contributed by atoms with Crippen molar-refractivity contribution in [3.63, 3.8) is 0 Å². The molecule has 0 unspecified atom stereocenters. The van der Waals surface area contributed by atoms with Crippen molar-refractivity contribution in [2.75, 3.05) is 20.3 Å². The lowest BCUT2D eigenvalue weighted by Crippen LogP contribution is -2.35. The van der Waals surface area contributed by atoms with E-state index in [1.165, 1.54) is 0 Å². The fourth-order valence-electron chi connectivity index (χ4n) is 1.43. The monoisotopic (exact) mass is 281 g/mol. The molecule has 1 heterocycles. The first-order valence-corrected chi connectivity index (χ1v) is 6.18. The summed E-state index contributed by atoms with van der Waals surface area (Å²) in [4.78, 5) is 29.9. The third kappa shape index (κ3) is 4.93. The largest absolute Gasteiger partial charge is 0.476 e. The Morgan fingerprint density at radius 2 is 1.90 bits per heavy atom. The van der Waals surface area contributed by atoms with E-state index in [-0.39, 0.29) is 22.7 Å². The van der Waals surface area contributed by atoms with Crippen LogP contribution in [0.5, 0.6) is 0 Å². The molecule has 0 saturated heterocycles. The highest BCUT2D eigenvalue weighted by atomic mass is 16.5. The Kier molecular flexibility index (Phi) is 5.57. The Bertz CT molecular complexity index is 471. The Balaban J connectivity index is 2.56. The highest BCUT2D eigenvalue weighted by molar-refractivity contribution is 5.92. The summed E-state index contributed by atoms with van der Waals surface area (Å²) in [5, 5.41) is 11.4. The molecule has 0 atom stereocenters. The number of hydrogen-bond donors (Lipinski definition) is 2. The molecule has 0 aliphatic heterocycles. The van der Waals surface area contributed by atoms with Crippen LogP contribution in [-0.2, 0) is 4.74 Å². The summed E-state index contributed by atoms with van der Waals surface area (Å²) in [5.41, 5.74) is -0.195. The van der Waals surface area contributed by atoms with E-state index < -0.39 is 5.97 Å². The number of carboxylic acids is 1. The van der Waals surface area contributed by atoms with Gasteiger partial charge in [0, 0.05) is 20.3 Å². The predicted molar refractivity (Wildman–Crippen MR) is 71.6 cm³/mol. The number of rotatable bonds is 7. The Labute approximate surface area is 117 Å². The first-order chi connectivity index (χ1) is 9.35. The van der Waals surface area contributed by atoms with Gasteiger partial charge in [-0.05, 0) is 11.8 Å². The van der Waals surface area contributed by atoms with Crippen LogP contribution < -0.4 is 5.32 Å². The summed E-state index contributed by atoms with van der Waals surface area (Å²) in [5.74, 6) is -1.55. The number of nitrogens with one attached hydrogen (secondary N) is 1. The van der Waals surface area contributed by atoms with E-state index >= 15 is 0 Å². The van der Waals surface area contributed by atoms with Gasteiger partial charge in [-0.1, -0.05) is 13.8 Å². The van der Waals surface area contributed by atoms with Crippen LogP contribution in [0.1, 0.15) is 41.2 Å². The number of nitrogens with zero attached hydrogens (tertiary/aromatic N) is 2. The van der Waals surface area contributed by atoms with Crippen molar-refractivity contribution in [1.82, 2.24) is 15.3 Å². The van der Waals surface area contributed by atoms with Crippen molar-refractivity contribution in [1.29, 1.82) is 0 Å². The van der Waals surface area contributed by atoms with Gasteiger partial charge in [0.2, 0.25) is 0 Å². The van der Waals surface area contributed by atoms with E-state index in [9.17, 15) is 9.59 Å². The van der Waals surface area contributed by atoms with Crippen molar-refractivity contribution >= 4 is 11.9 Å². The lowest BCUT2D eigenvalue weighted by molar-refractivity contribution is 0.0689. The molecule has 1 aromatic rings. The van der Waals surface area contributed by atoms with Crippen molar-refractivity contribution in [2.45, 2.75) is 20.3 Å². The zero-order valence-corrected chi connectivity index (χ0v) is 11.8. The third-order valence-electron chi connectivity index (χ3n) is 2.81. The van der Waals surface area contributed by atoms with E-state index in [4.69, 9.17) is 9.84 Å². The Morgan fingerprint density at radius 3 is 2.40 bits per heavy atom. The number of hydrogen-bond acceptors (Lipinski definition) is 5. The fourth-order valence-corrected chi connectivity index (χ4v) is 1.43. The molecule has 110 valence electrons. The van der Waals surface area contributed by atoms with E-state index in [1.807, 2.05) is 13.8 Å². The van der Waals surface area contributed by atoms with Crippen molar-refractivity contribution < 1.29 is 19.4 Å². The molecule has 2 N–H and O–H groups in total. The Morgan fingerprint density at radius 1 is 1.30 bits per heavy atom. The number of aromatic carboxylic acids is 1. The quantitative estimate of drug-likeness (QED) is 0.772. The molecule has 0 aliphatic rings. The summed E-state index contributed by atoms with van der Waals surface area (Å²) < 4.78 is 5.01. The van der Waals surface area contributed by atoms with Gasteiger partial charge in [-0.25, -0.2) is 14.8 Å². The topological polar surface area (TPSA) is 101 Å². The van der Waals surface area contributed by atoms with Crippen LogP contribution in [0, 0.1) is 5.41 Å². The van der Waals surface area contributed by atoms with E-state index in [0.717, 1.165) is 18.8 Å². The molecule has 0 aliphatic carbocycles. The molecular weight excluding hydrogens is 262 g/mol. The van der Waals surface area contributed by atoms with Crippen LogP contribution in [0.15, 0.2) is 12.4 Å². The highest BCUT2D eigenvalue weighted by Crippen LogP contribution is 2.18. The molecule has 0 bridgehead atoms. The van der Waals surface area contributed by atoms with Gasteiger partial charge in [0.15, 0.2) is 5.69 Å². The summed E-state index contributed by atoms with van der Waals surface area (Å²) in [7, 11) is 1.63. The number of amides is 1. The summed E-state index contributed by atoms with van der Waals surface area (Å²) in [6.07, 6.45) is 3.03. The zero-order valence-electron chi connectivity index (χ0n) is 11.8. The SMILES string of the molecule is COCCC(C)(C)CNC(=O)c1cnc(C(=O)O)cn1. The molecule has 1 amide bonds. The van der Waals surface area contributed by atoms with Crippen LogP contribution in [-0.4, -0.2) is 47.2 Å². The molecule has 0 aromatic carbocycles. The maximum Gasteiger partial charge on any atom is 0.356 e. The molecular formula is C13H19N3O4. The minimum atomic E-state index is -1.18. The molecule has 1 aromatic heterocycles.